The van der Waals surface area contributed by atoms with Gasteiger partial charge in [0.25, 0.3) is 5.91 Å². The van der Waals surface area contributed by atoms with Gasteiger partial charge in [0.05, 0.1) is 25.5 Å². The summed E-state index contributed by atoms with van der Waals surface area (Å²) in [4.78, 5) is 18.9. The van der Waals surface area contributed by atoms with Crippen LogP contribution in [0.25, 0.3) is 0 Å². The topological polar surface area (TPSA) is 164 Å². The van der Waals surface area contributed by atoms with Crippen LogP contribution in [-0.2, 0) is 0 Å². The van der Waals surface area contributed by atoms with E-state index in [1.165, 1.54) is 26.4 Å². The molecule has 1 aromatic carbocycles. The summed E-state index contributed by atoms with van der Waals surface area (Å²) >= 11 is 0. The van der Waals surface area contributed by atoms with Crippen LogP contribution >= 0.6 is 0 Å². The van der Waals surface area contributed by atoms with E-state index >= 15 is 0 Å². The highest BCUT2D eigenvalue weighted by Gasteiger charge is 2.15. The van der Waals surface area contributed by atoms with E-state index in [1.54, 1.807) is 0 Å². The summed E-state index contributed by atoms with van der Waals surface area (Å²) in [5.41, 5.74) is 21.4. The Hall–Kier alpha value is -2.97. The third kappa shape index (κ3) is 3.51. The van der Waals surface area contributed by atoms with Crippen LogP contribution < -0.4 is 32.4 Å². The fourth-order valence-electron chi connectivity index (χ4n) is 1.44. The molecule has 8 N–H and O–H groups in total. The minimum Gasteiger partial charge on any atom is -0.493 e. The van der Waals surface area contributed by atoms with Crippen molar-refractivity contribution in [1.82, 2.24) is 0 Å². The lowest BCUT2D eigenvalue weighted by atomic mass is 10.1. The van der Waals surface area contributed by atoms with Crippen molar-refractivity contribution in [3.8, 4) is 11.5 Å². The second kappa shape index (κ2) is 6.27. The van der Waals surface area contributed by atoms with Crippen LogP contribution in [0.5, 0.6) is 11.5 Å². The molecule has 108 valence electrons. The maximum absolute atomic E-state index is 11.4. The van der Waals surface area contributed by atoms with Gasteiger partial charge in [-0.1, -0.05) is 0 Å². The molecular weight excluding hydrogens is 264 g/mol. The second-order valence-corrected chi connectivity index (χ2v) is 3.60. The zero-order valence-corrected chi connectivity index (χ0v) is 11.1. The number of primary amides is 1. The first-order valence-corrected chi connectivity index (χ1v) is 5.38. The number of nitrogens with zero attached hydrogens (tertiary/aromatic N) is 2. The van der Waals surface area contributed by atoms with Gasteiger partial charge in [0, 0.05) is 6.07 Å². The summed E-state index contributed by atoms with van der Waals surface area (Å²) in [6.45, 7) is 0. The van der Waals surface area contributed by atoms with Crippen molar-refractivity contribution in [3.05, 3.63) is 17.7 Å². The first-order valence-electron chi connectivity index (χ1n) is 5.38. The Morgan fingerprint density at radius 2 is 1.60 bits per heavy atom. The van der Waals surface area contributed by atoms with Gasteiger partial charge >= 0.3 is 0 Å². The standard InChI is InChI=1S/C11H16N6O3/c1-19-7-3-5(9(12)18)6(4-8(7)20-2)16-11(15)17-10(13)14/h3-4H,1-2H3,(H2,12,18)(H6,13,14,15,16,17). The lowest BCUT2D eigenvalue weighted by molar-refractivity contribution is 0.100. The van der Waals surface area contributed by atoms with E-state index in [0.717, 1.165) is 0 Å². The number of hydrogen-bond donors (Lipinski definition) is 4. The van der Waals surface area contributed by atoms with Crippen LogP contribution in [0.1, 0.15) is 10.4 Å². The molecule has 0 aliphatic carbocycles. The molecule has 20 heavy (non-hydrogen) atoms. The van der Waals surface area contributed by atoms with E-state index < -0.39 is 5.91 Å². The van der Waals surface area contributed by atoms with Gasteiger partial charge in [0.2, 0.25) is 5.96 Å². The van der Waals surface area contributed by atoms with E-state index in [0.29, 0.717) is 11.5 Å². The van der Waals surface area contributed by atoms with Crippen LogP contribution in [-0.4, -0.2) is 32.0 Å². The molecule has 0 fully saturated rings. The molecule has 0 bridgehead atoms. The average molecular weight is 280 g/mol. The summed E-state index contributed by atoms with van der Waals surface area (Å²) in [6.07, 6.45) is 0. The summed E-state index contributed by atoms with van der Waals surface area (Å²) in [5.74, 6) is -0.497. The molecule has 0 saturated heterocycles. The van der Waals surface area contributed by atoms with Crippen LogP contribution in [0, 0.1) is 0 Å². The fraction of sp³-hybridized carbons (Fsp3) is 0.182. The van der Waals surface area contributed by atoms with Crippen molar-refractivity contribution < 1.29 is 14.3 Å². The zero-order chi connectivity index (χ0) is 15.3. The highest BCUT2D eigenvalue weighted by molar-refractivity contribution is 6.01. The maximum atomic E-state index is 11.4. The first-order chi connectivity index (χ1) is 9.38. The van der Waals surface area contributed by atoms with Crippen molar-refractivity contribution in [3.63, 3.8) is 0 Å². The Bertz CT molecular complexity index is 578. The molecule has 0 atom stereocenters. The number of ether oxygens (including phenoxy) is 2. The van der Waals surface area contributed by atoms with Crippen molar-refractivity contribution in [2.45, 2.75) is 0 Å². The summed E-state index contributed by atoms with van der Waals surface area (Å²) in [6, 6.07) is 2.83. The molecule has 0 aromatic heterocycles. The fourth-order valence-corrected chi connectivity index (χ4v) is 1.44. The summed E-state index contributed by atoms with van der Waals surface area (Å²) in [7, 11) is 2.87. The molecule has 9 nitrogen and oxygen atoms in total. The minimum atomic E-state index is -0.706. The third-order valence-corrected chi connectivity index (χ3v) is 2.25. The van der Waals surface area contributed by atoms with Gasteiger partial charge in [0.1, 0.15) is 0 Å². The molecule has 0 unspecified atom stereocenters. The molecule has 1 rings (SSSR count). The number of carbonyl (C=O) groups is 1. The van der Waals surface area contributed by atoms with Gasteiger partial charge in [-0.05, 0) is 6.07 Å². The molecule has 9 heteroatoms. The number of amides is 1. The van der Waals surface area contributed by atoms with E-state index in [-0.39, 0.29) is 23.2 Å². The molecule has 1 aromatic rings. The van der Waals surface area contributed by atoms with E-state index in [1.807, 2.05) is 0 Å². The van der Waals surface area contributed by atoms with Crippen molar-refractivity contribution in [2.24, 2.45) is 32.9 Å². The van der Waals surface area contributed by atoms with E-state index in [9.17, 15) is 4.79 Å². The average Bonchev–Trinajstić information content (AvgIpc) is 2.36. The summed E-state index contributed by atoms with van der Waals surface area (Å²) in [5, 5.41) is 0. The quantitative estimate of drug-likeness (QED) is 0.409. The Morgan fingerprint density at radius 3 is 2.05 bits per heavy atom. The highest BCUT2D eigenvalue weighted by atomic mass is 16.5. The van der Waals surface area contributed by atoms with Crippen LogP contribution in [0.15, 0.2) is 22.1 Å². The molecule has 0 spiro atoms. The lowest BCUT2D eigenvalue weighted by Crippen LogP contribution is -2.26. The molecule has 0 aliphatic heterocycles. The Kier molecular flexibility index (Phi) is 4.73. The minimum absolute atomic E-state index is 0.0939. The Morgan fingerprint density at radius 1 is 1.05 bits per heavy atom. The van der Waals surface area contributed by atoms with Crippen molar-refractivity contribution in [1.29, 1.82) is 0 Å². The maximum Gasteiger partial charge on any atom is 0.251 e. The molecule has 1 amide bonds. The lowest BCUT2D eigenvalue weighted by Gasteiger charge is -2.10. The number of nitrogens with two attached hydrogens (primary N) is 4. The van der Waals surface area contributed by atoms with Gasteiger partial charge in [-0.3, -0.25) is 4.79 Å². The summed E-state index contributed by atoms with van der Waals surface area (Å²) < 4.78 is 10.2. The first kappa shape index (κ1) is 15.1. The molecular formula is C11H16N6O3. The van der Waals surface area contributed by atoms with Crippen LogP contribution in [0.2, 0.25) is 0 Å². The molecule has 0 aliphatic rings. The van der Waals surface area contributed by atoms with Crippen molar-refractivity contribution in [2.75, 3.05) is 14.2 Å². The number of rotatable bonds is 4. The van der Waals surface area contributed by atoms with Gasteiger partial charge in [-0.2, -0.15) is 4.99 Å². The number of guanidine groups is 2. The smallest absolute Gasteiger partial charge is 0.251 e. The zero-order valence-electron chi connectivity index (χ0n) is 11.1. The third-order valence-electron chi connectivity index (χ3n) is 2.25. The Balaban J connectivity index is 3.44. The molecule has 0 heterocycles. The second-order valence-electron chi connectivity index (χ2n) is 3.60. The van der Waals surface area contributed by atoms with Crippen LogP contribution in [0.3, 0.4) is 0 Å². The van der Waals surface area contributed by atoms with Gasteiger partial charge in [-0.25, -0.2) is 4.99 Å². The van der Waals surface area contributed by atoms with Gasteiger partial charge < -0.3 is 32.4 Å². The van der Waals surface area contributed by atoms with Crippen molar-refractivity contribution >= 4 is 23.5 Å². The van der Waals surface area contributed by atoms with Gasteiger partial charge in [-0.15, -0.1) is 0 Å². The number of carbonyl (C=O) groups excluding carboxylic acids is 1. The normalized spacial score (nSPS) is 10.8. The SMILES string of the molecule is COc1cc(N=C(N)N=C(N)N)c(C(N)=O)cc1OC. The molecule has 0 saturated carbocycles. The molecule has 0 radical (unpaired) electrons. The predicted molar refractivity (Wildman–Crippen MR) is 75.2 cm³/mol. The van der Waals surface area contributed by atoms with Gasteiger partial charge in [0.15, 0.2) is 17.5 Å². The predicted octanol–water partition coefficient (Wildman–Crippen LogP) is -0.978. The van der Waals surface area contributed by atoms with E-state index in [4.69, 9.17) is 32.4 Å². The largest absolute Gasteiger partial charge is 0.493 e. The highest BCUT2D eigenvalue weighted by Crippen LogP contribution is 2.34. The van der Waals surface area contributed by atoms with Crippen LogP contribution in [0.4, 0.5) is 5.69 Å². The van der Waals surface area contributed by atoms with E-state index in [2.05, 4.69) is 9.98 Å². The monoisotopic (exact) mass is 280 g/mol. The number of hydrogen-bond acceptors (Lipinski definition) is 4. The Labute approximate surface area is 115 Å². The number of aliphatic imine (C=N–C) groups is 2. The number of methoxy groups -OCH3 is 2. The number of benzene rings is 1.